The molecular formula is C16H15N5O2S. The minimum Gasteiger partial charge on any atom is -0.493 e. The van der Waals surface area contributed by atoms with Crippen molar-refractivity contribution in [2.45, 2.75) is 0 Å². The van der Waals surface area contributed by atoms with E-state index < -0.39 is 0 Å². The lowest BCUT2D eigenvalue weighted by Crippen LogP contribution is -1.97. The Kier molecular flexibility index (Phi) is 4.66. The van der Waals surface area contributed by atoms with Gasteiger partial charge in [0, 0.05) is 11.8 Å². The third kappa shape index (κ3) is 3.18. The Morgan fingerprint density at radius 3 is 2.71 bits per heavy atom. The zero-order valence-corrected chi connectivity index (χ0v) is 13.9. The van der Waals surface area contributed by atoms with Crippen molar-refractivity contribution >= 4 is 18.4 Å². The summed E-state index contributed by atoms with van der Waals surface area (Å²) in [6.45, 7) is 0. The van der Waals surface area contributed by atoms with Crippen LogP contribution < -0.4 is 9.47 Å². The molecule has 0 saturated heterocycles. The molecule has 0 aliphatic rings. The van der Waals surface area contributed by atoms with E-state index in [9.17, 15) is 0 Å². The van der Waals surface area contributed by atoms with Gasteiger partial charge in [0.1, 0.15) is 0 Å². The Labute approximate surface area is 143 Å². The highest BCUT2D eigenvalue weighted by atomic mass is 32.1. The average molecular weight is 341 g/mol. The molecule has 2 heterocycles. The molecule has 0 bridgehead atoms. The molecule has 1 aromatic carbocycles. The van der Waals surface area contributed by atoms with Crippen LogP contribution in [0.3, 0.4) is 0 Å². The number of aromatic amines is 1. The van der Waals surface area contributed by atoms with Gasteiger partial charge in [-0.3, -0.25) is 4.98 Å². The van der Waals surface area contributed by atoms with E-state index in [1.165, 1.54) is 4.68 Å². The Hall–Kier alpha value is -3.00. The van der Waals surface area contributed by atoms with Crippen LogP contribution in [0.1, 0.15) is 5.69 Å². The van der Waals surface area contributed by atoms with Crippen molar-refractivity contribution in [2.24, 2.45) is 5.10 Å². The SMILES string of the molecule is COc1ccc(-c2n[nH]c(=S)n2/N=C/c2ccccn2)cc1OC. The highest BCUT2D eigenvalue weighted by Gasteiger charge is 2.12. The molecule has 0 fully saturated rings. The molecule has 1 N–H and O–H groups in total. The quantitative estimate of drug-likeness (QED) is 0.570. The van der Waals surface area contributed by atoms with E-state index in [2.05, 4.69) is 20.3 Å². The maximum absolute atomic E-state index is 5.33. The maximum Gasteiger partial charge on any atom is 0.216 e. The second-order valence-corrected chi connectivity index (χ2v) is 5.12. The minimum absolute atomic E-state index is 0.381. The van der Waals surface area contributed by atoms with Gasteiger partial charge in [-0.1, -0.05) is 6.07 Å². The summed E-state index contributed by atoms with van der Waals surface area (Å²) in [5.41, 5.74) is 1.51. The van der Waals surface area contributed by atoms with Crippen LogP contribution in [0.4, 0.5) is 0 Å². The molecule has 0 spiro atoms. The molecule has 0 atom stereocenters. The lowest BCUT2D eigenvalue weighted by atomic mass is 10.2. The second-order valence-electron chi connectivity index (χ2n) is 4.73. The number of rotatable bonds is 5. The monoisotopic (exact) mass is 341 g/mol. The fraction of sp³-hybridized carbons (Fsp3) is 0.125. The largest absolute Gasteiger partial charge is 0.493 e. The molecule has 7 nitrogen and oxygen atoms in total. The lowest BCUT2D eigenvalue weighted by Gasteiger charge is -2.09. The van der Waals surface area contributed by atoms with Crippen LogP contribution in [0.15, 0.2) is 47.7 Å². The van der Waals surface area contributed by atoms with Crippen LogP contribution in [0.25, 0.3) is 11.4 Å². The van der Waals surface area contributed by atoms with Crippen LogP contribution in [0.2, 0.25) is 0 Å². The molecule has 0 aliphatic heterocycles. The van der Waals surface area contributed by atoms with Crippen LogP contribution >= 0.6 is 12.2 Å². The Balaban J connectivity index is 2.02. The number of hydrogen-bond donors (Lipinski definition) is 1. The Morgan fingerprint density at radius 2 is 2.00 bits per heavy atom. The number of nitrogens with zero attached hydrogens (tertiary/aromatic N) is 4. The first-order valence-electron chi connectivity index (χ1n) is 7.08. The van der Waals surface area contributed by atoms with Gasteiger partial charge in [-0.2, -0.15) is 14.9 Å². The molecule has 0 saturated carbocycles. The van der Waals surface area contributed by atoms with Gasteiger partial charge >= 0.3 is 0 Å². The molecule has 3 aromatic rings. The number of ether oxygens (including phenoxy) is 2. The maximum atomic E-state index is 5.33. The predicted octanol–water partition coefficient (Wildman–Crippen LogP) is 2.90. The molecule has 3 rings (SSSR count). The van der Waals surface area contributed by atoms with Crippen LogP contribution in [0, 0.1) is 4.77 Å². The van der Waals surface area contributed by atoms with Crippen LogP contribution in [0.5, 0.6) is 11.5 Å². The molecule has 0 aliphatic carbocycles. The Morgan fingerprint density at radius 1 is 1.17 bits per heavy atom. The molecule has 2 aromatic heterocycles. The molecule has 0 radical (unpaired) electrons. The summed E-state index contributed by atoms with van der Waals surface area (Å²) >= 11 is 5.25. The van der Waals surface area contributed by atoms with E-state index >= 15 is 0 Å². The van der Waals surface area contributed by atoms with Gasteiger partial charge in [-0.05, 0) is 42.5 Å². The summed E-state index contributed by atoms with van der Waals surface area (Å²) in [6.07, 6.45) is 3.32. The van der Waals surface area contributed by atoms with Gasteiger partial charge in [-0.15, -0.1) is 0 Å². The van der Waals surface area contributed by atoms with E-state index in [0.717, 1.165) is 11.3 Å². The zero-order valence-electron chi connectivity index (χ0n) is 13.1. The number of nitrogens with one attached hydrogen (secondary N) is 1. The van der Waals surface area contributed by atoms with Crippen molar-refractivity contribution in [1.29, 1.82) is 0 Å². The molecule has 0 amide bonds. The molecule has 24 heavy (non-hydrogen) atoms. The summed E-state index contributed by atoms with van der Waals surface area (Å²) in [4.78, 5) is 4.20. The number of aromatic nitrogens is 4. The van der Waals surface area contributed by atoms with Crippen molar-refractivity contribution < 1.29 is 9.47 Å². The van der Waals surface area contributed by atoms with Crippen LogP contribution in [-0.2, 0) is 0 Å². The molecular weight excluding hydrogens is 326 g/mol. The fourth-order valence-corrected chi connectivity index (χ4v) is 2.31. The number of H-pyrrole nitrogens is 1. The highest BCUT2D eigenvalue weighted by Crippen LogP contribution is 2.31. The van der Waals surface area contributed by atoms with E-state index in [4.69, 9.17) is 21.7 Å². The van der Waals surface area contributed by atoms with Gasteiger partial charge in [0.05, 0.1) is 26.1 Å². The van der Waals surface area contributed by atoms with E-state index in [1.807, 2.05) is 30.3 Å². The summed E-state index contributed by atoms with van der Waals surface area (Å²) in [7, 11) is 3.17. The van der Waals surface area contributed by atoms with E-state index in [-0.39, 0.29) is 0 Å². The predicted molar refractivity (Wildman–Crippen MR) is 93.2 cm³/mol. The van der Waals surface area contributed by atoms with Gasteiger partial charge in [-0.25, -0.2) is 5.10 Å². The van der Waals surface area contributed by atoms with E-state index in [1.54, 1.807) is 32.7 Å². The summed E-state index contributed by atoms with van der Waals surface area (Å²) in [5.74, 6) is 1.80. The topological polar surface area (TPSA) is 77.3 Å². The van der Waals surface area contributed by atoms with Gasteiger partial charge in [0.25, 0.3) is 0 Å². The lowest BCUT2D eigenvalue weighted by molar-refractivity contribution is 0.355. The fourth-order valence-electron chi connectivity index (χ4n) is 2.13. The van der Waals surface area contributed by atoms with Gasteiger partial charge < -0.3 is 9.47 Å². The number of pyridine rings is 1. The van der Waals surface area contributed by atoms with Gasteiger partial charge in [0.2, 0.25) is 4.77 Å². The van der Waals surface area contributed by atoms with Crippen molar-refractivity contribution in [3.8, 4) is 22.9 Å². The third-order valence-corrected chi connectivity index (χ3v) is 3.55. The summed E-state index contributed by atoms with van der Waals surface area (Å²) in [6, 6.07) is 11.1. The normalized spacial score (nSPS) is 10.9. The first-order chi connectivity index (χ1) is 11.7. The minimum atomic E-state index is 0.381. The first kappa shape index (κ1) is 15.9. The number of methoxy groups -OCH3 is 2. The first-order valence-corrected chi connectivity index (χ1v) is 7.49. The second kappa shape index (κ2) is 7.05. The summed E-state index contributed by atoms with van der Waals surface area (Å²) < 4.78 is 12.5. The number of benzene rings is 1. The van der Waals surface area contributed by atoms with E-state index in [0.29, 0.717) is 22.1 Å². The van der Waals surface area contributed by atoms with Crippen molar-refractivity contribution in [3.05, 3.63) is 53.1 Å². The number of hydrogen-bond acceptors (Lipinski definition) is 6. The van der Waals surface area contributed by atoms with Crippen molar-refractivity contribution in [1.82, 2.24) is 19.9 Å². The molecule has 122 valence electrons. The molecule has 0 unspecified atom stereocenters. The standard InChI is InChI=1S/C16H15N5O2S/c1-22-13-7-6-11(9-14(13)23-2)15-19-20-16(24)21(15)18-10-12-5-3-4-8-17-12/h3-10H,1-2H3,(H,20,24)/b18-10+. The third-order valence-electron chi connectivity index (χ3n) is 3.29. The van der Waals surface area contributed by atoms with Gasteiger partial charge in [0.15, 0.2) is 17.3 Å². The smallest absolute Gasteiger partial charge is 0.216 e. The zero-order chi connectivity index (χ0) is 16.9. The highest BCUT2D eigenvalue weighted by molar-refractivity contribution is 7.71. The van der Waals surface area contributed by atoms with Crippen molar-refractivity contribution in [2.75, 3.05) is 14.2 Å². The Bertz CT molecular complexity index is 918. The van der Waals surface area contributed by atoms with Crippen LogP contribution in [-0.4, -0.2) is 40.3 Å². The summed E-state index contributed by atoms with van der Waals surface area (Å²) in [5, 5.41) is 11.4. The van der Waals surface area contributed by atoms with Crippen molar-refractivity contribution in [3.63, 3.8) is 0 Å². The molecule has 8 heteroatoms. The average Bonchev–Trinajstić information content (AvgIpc) is 3.00.